The fourth-order valence-corrected chi connectivity index (χ4v) is 3.28. The first-order valence-corrected chi connectivity index (χ1v) is 8.86. The Kier molecular flexibility index (Phi) is 4.70. The van der Waals surface area contributed by atoms with Crippen LogP contribution in [0.25, 0.3) is 11.3 Å². The SMILES string of the molecule is Clc1ccc(Nc2nc3nonc3nc2CC2CCNCC2)cc1Cl. The van der Waals surface area contributed by atoms with E-state index in [2.05, 4.69) is 30.9 Å². The fraction of sp³-hybridized carbons (Fsp3) is 0.375. The first-order chi connectivity index (χ1) is 12.2. The molecule has 1 saturated heterocycles. The van der Waals surface area contributed by atoms with E-state index in [0.717, 1.165) is 43.7 Å². The van der Waals surface area contributed by atoms with Crippen LogP contribution in [0.2, 0.25) is 10.0 Å². The summed E-state index contributed by atoms with van der Waals surface area (Å²) >= 11 is 12.1. The van der Waals surface area contributed by atoms with E-state index < -0.39 is 0 Å². The third kappa shape index (κ3) is 3.68. The van der Waals surface area contributed by atoms with E-state index in [1.807, 2.05) is 6.07 Å². The van der Waals surface area contributed by atoms with Crippen LogP contribution >= 0.6 is 23.2 Å². The zero-order valence-electron chi connectivity index (χ0n) is 13.3. The maximum atomic E-state index is 6.10. The Morgan fingerprint density at radius 3 is 2.60 bits per heavy atom. The number of nitrogens with one attached hydrogen (secondary N) is 2. The first kappa shape index (κ1) is 16.5. The zero-order chi connectivity index (χ0) is 17.2. The predicted octanol–water partition coefficient (Wildman–Crippen LogP) is 3.61. The molecule has 7 nitrogen and oxygen atoms in total. The fourth-order valence-electron chi connectivity index (χ4n) is 2.98. The molecule has 0 amide bonds. The van der Waals surface area contributed by atoms with Crippen molar-refractivity contribution >= 4 is 46.0 Å². The lowest BCUT2D eigenvalue weighted by atomic mass is 9.93. The average molecular weight is 379 g/mol. The molecule has 0 bridgehead atoms. The van der Waals surface area contributed by atoms with Gasteiger partial charge >= 0.3 is 0 Å². The Morgan fingerprint density at radius 1 is 1.08 bits per heavy atom. The molecule has 1 fully saturated rings. The van der Waals surface area contributed by atoms with Crippen molar-refractivity contribution in [3.63, 3.8) is 0 Å². The molecule has 3 aromatic rings. The minimum Gasteiger partial charge on any atom is -0.339 e. The van der Waals surface area contributed by atoms with Gasteiger partial charge in [-0.3, -0.25) is 0 Å². The Morgan fingerprint density at radius 2 is 1.84 bits per heavy atom. The normalized spacial score (nSPS) is 15.6. The van der Waals surface area contributed by atoms with Crippen molar-refractivity contribution in [2.75, 3.05) is 18.4 Å². The number of nitrogens with zero attached hydrogens (tertiary/aromatic N) is 4. The smallest absolute Gasteiger partial charge is 0.245 e. The number of halogens is 2. The standard InChI is InChI=1S/C16H16Cl2N6O/c17-11-2-1-10(8-12(11)18)20-14-13(7-9-3-5-19-6-4-9)21-15-16(22-14)24-25-23-15/h1-2,8-9,19H,3-7H2,(H,20,22,24). The van der Waals surface area contributed by atoms with E-state index in [4.69, 9.17) is 27.8 Å². The van der Waals surface area contributed by atoms with Crippen molar-refractivity contribution < 1.29 is 4.63 Å². The number of hydrogen-bond acceptors (Lipinski definition) is 7. The molecule has 1 aromatic carbocycles. The molecule has 1 aliphatic rings. The number of rotatable bonds is 4. The highest BCUT2D eigenvalue weighted by Gasteiger charge is 2.19. The van der Waals surface area contributed by atoms with Crippen molar-refractivity contribution in [1.82, 2.24) is 25.6 Å². The minimum atomic E-state index is 0.372. The third-order valence-corrected chi connectivity index (χ3v) is 5.05. The van der Waals surface area contributed by atoms with Gasteiger partial charge in [0, 0.05) is 5.69 Å². The highest BCUT2D eigenvalue weighted by Crippen LogP contribution is 2.29. The van der Waals surface area contributed by atoms with Crippen molar-refractivity contribution in [3.05, 3.63) is 33.9 Å². The lowest BCUT2D eigenvalue weighted by Crippen LogP contribution is -2.29. The molecule has 3 heterocycles. The summed E-state index contributed by atoms with van der Waals surface area (Å²) in [5.41, 5.74) is 2.42. The number of aromatic nitrogens is 4. The van der Waals surface area contributed by atoms with E-state index in [9.17, 15) is 0 Å². The molecule has 4 rings (SSSR count). The molecule has 0 radical (unpaired) electrons. The topological polar surface area (TPSA) is 88.8 Å². The van der Waals surface area contributed by atoms with Crippen LogP contribution in [0.15, 0.2) is 22.8 Å². The van der Waals surface area contributed by atoms with Crippen LogP contribution < -0.4 is 10.6 Å². The monoisotopic (exact) mass is 378 g/mol. The van der Waals surface area contributed by atoms with Gasteiger partial charge in [-0.2, -0.15) is 0 Å². The summed E-state index contributed by atoms with van der Waals surface area (Å²) < 4.78 is 4.75. The minimum absolute atomic E-state index is 0.372. The van der Waals surface area contributed by atoms with Crippen LogP contribution in [-0.2, 0) is 6.42 Å². The number of fused-ring (bicyclic) bond motifs is 1. The van der Waals surface area contributed by atoms with Gasteiger partial charge in [-0.05, 0) is 66.8 Å². The Labute approximate surface area is 154 Å². The maximum absolute atomic E-state index is 6.10. The van der Waals surface area contributed by atoms with Gasteiger partial charge in [-0.15, -0.1) is 0 Å². The van der Waals surface area contributed by atoms with Gasteiger partial charge in [0.1, 0.15) is 0 Å². The second-order valence-corrected chi connectivity index (χ2v) is 6.90. The molecule has 9 heteroatoms. The van der Waals surface area contributed by atoms with Crippen molar-refractivity contribution in [3.8, 4) is 0 Å². The Bertz CT molecular complexity index is 893. The van der Waals surface area contributed by atoms with Crippen LogP contribution in [-0.4, -0.2) is 33.4 Å². The second-order valence-electron chi connectivity index (χ2n) is 6.08. The zero-order valence-corrected chi connectivity index (χ0v) is 14.8. The molecule has 25 heavy (non-hydrogen) atoms. The molecular weight excluding hydrogens is 363 g/mol. The predicted molar refractivity (Wildman–Crippen MR) is 96.4 cm³/mol. The molecule has 1 aliphatic heterocycles. The second kappa shape index (κ2) is 7.11. The molecule has 0 saturated carbocycles. The molecule has 130 valence electrons. The molecule has 2 N–H and O–H groups in total. The quantitative estimate of drug-likeness (QED) is 0.716. The lowest BCUT2D eigenvalue weighted by Gasteiger charge is -2.22. The van der Waals surface area contributed by atoms with E-state index in [1.54, 1.807) is 12.1 Å². The number of benzene rings is 1. The summed E-state index contributed by atoms with van der Waals surface area (Å²) in [7, 11) is 0. The van der Waals surface area contributed by atoms with Crippen LogP contribution in [0, 0.1) is 5.92 Å². The average Bonchev–Trinajstić information content (AvgIpc) is 3.06. The molecule has 2 aromatic heterocycles. The summed E-state index contributed by atoms with van der Waals surface area (Å²) in [5, 5.41) is 15.2. The van der Waals surface area contributed by atoms with E-state index in [1.165, 1.54) is 0 Å². The molecule has 0 aliphatic carbocycles. The third-order valence-electron chi connectivity index (χ3n) is 4.31. The molecule has 0 atom stereocenters. The molecular formula is C16H16Cl2N6O. The molecule has 0 spiro atoms. The van der Waals surface area contributed by atoms with Crippen LogP contribution in [0.3, 0.4) is 0 Å². The highest BCUT2D eigenvalue weighted by atomic mass is 35.5. The van der Waals surface area contributed by atoms with E-state index in [0.29, 0.717) is 33.1 Å². The maximum Gasteiger partial charge on any atom is 0.245 e. The van der Waals surface area contributed by atoms with Gasteiger partial charge in [-0.1, -0.05) is 23.2 Å². The van der Waals surface area contributed by atoms with Crippen LogP contribution in [0.5, 0.6) is 0 Å². The summed E-state index contributed by atoms with van der Waals surface area (Å²) in [6.07, 6.45) is 3.05. The van der Waals surface area contributed by atoms with Gasteiger partial charge in [0.05, 0.1) is 15.7 Å². The van der Waals surface area contributed by atoms with Crippen LogP contribution in [0.4, 0.5) is 11.5 Å². The summed E-state index contributed by atoms with van der Waals surface area (Å²) in [6, 6.07) is 5.34. The van der Waals surface area contributed by atoms with Crippen molar-refractivity contribution in [2.24, 2.45) is 5.92 Å². The van der Waals surface area contributed by atoms with Crippen molar-refractivity contribution in [2.45, 2.75) is 19.3 Å². The highest BCUT2D eigenvalue weighted by molar-refractivity contribution is 6.42. The summed E-state index contributed by atoms with van der Waals surface area (Å²) in [6.45, 7) is 2.06. The Hall–Kier alpha value is -1.96. The number of hydrogen-bond donors (Lipinski definition) is 2. The van der Waals surface area contributed by atoms with Gasteiger partial charge in [-0.25, -0.2) is 14.6 Å². The number of anilines is 2. The van der Waals surface area contributed by atoms with Gasteiger partial charge in [0.2, 0.25) is 11.3 Å². The first-order valence-electron chi connectivity index (χ1n) is 8.11. The van der Waals surface area contributed by atoms with Gasteiger partial charge in [0.15, 0.2) is 5.82 Å². The number of piperidine rings is 1. The van der Waals surface area contributed by atoms with E-state index in [-0.39, 0.29) is 0 Å². The van der Waals surface area contributed by atoms with Crippen LogP contribution in [0.1, 0.15) is 18.5 Å². The lowest BCUT2D eigenvalue weighted by molar-refractivity contribution is 0.314. The largest absolute Gasteiger partial charge is 0.339 e. The van der Waals surface area contributed by atoms with Gasteiger partial charge in [0.25, 0.3) is 0 Å². The molecule has 0 unspecified atom stereocenters. The summed E-state index contributed by atoms with van der Waals surface area (Å²) in [4.78, 5) is 9.11. The summed E-state index contributed by atoms with van der Waals surface area (Å²) in [5.74, 6) is 1.20. The van der Waals surface area contributed by atoms with Gasteiger partial charge < -0.3 is 10.6 Å². The van der Waals surface area contributed by atoms with Crippen molar-refractivity contribution in [1.29, 1.82) is 0 Å². The van der Waals surface area contributed by atoms with E-state index >= 15 is 0 Å². The Balaban J connectivity index is 1.67.